The second-order valence-corrected chi connectivity index (χ2v) is 6.36. The maximum atomic E-state index is 9.24. The summed E-state index contributed by atoms with van der Waals surface area (Å²) < 4.78 is 25.5. The third kappa shape index (κ3) is 5.18. The molecule has 1 aromatic carbocycles. The lowest BCUT2D eigenvalue weighted by Crippen LogP contribution is -2.39. The fourth-order valence-corrected chi connectivity index (χ4v) is 3.14. The topological polar surface area (TPSA) is 63.5 Å². The van der Waals surface area contributed by atoms with Crippen molar-refractivity contribution in [3.05, 3.63) is 29.3 Å². The van der Waals surface area contributed by atoms with Crippen molar-refractivity contribution >= 4 is 0 Å². The van der Waals surface area contributed by atoms with Crippen LogP contribution in [0.25, 0.3) is 0 Å². The number of nitrogens with one attached hydrogen (secondary N) is 1. The molecule has 3 atom stereocenters. The van der Waals surface area contributed by atoms with Crippen LogP contribution in [0.15, 0.2) is 18.2 Å². The van der Waals surface area contributed by atoms with Gasteiger partial charge in [-0.05, 0) is 58.3 Å². The normalized spacial score (nSPS) is 22.9. The Hall–Kier alpha value is -1.61. The summed E-state index contributed by atoms with van der Waals surface area (Å²) in [6.45, 7) is 10.2. The molecule has 1 heterocycles. The lowest BCUT2D eigenvalue weighted by molar-refractivity contribution is -0.140. The molecule has 0 saturated carbocycles. The molecule has 2 rings (SSSR count). The van der Waals surface area contributed by atoms with Gasteiger partial charge in [0, 0.05) is 30.7 Å². The smallest absolute Gasteiger partial charge is 0.157 e. The van der Waals surface area contributed by atoms with Crippen LogP contribution in [0.2, 0.25) is 0 Å². The Morgan fingerprint density at radius 2 is 2.04 bits per heavy atom. The third-order valence-corrected chi connectivity index (χ3v) is 4.63. The summed E-state index contributed by atoms with van der Waals surface area (Å²) in [6, 6.07) is 5.83. The minimum atomic E-state index is -0.165. The van der Waals surface area contributed by atoms with Crippen LogP contribution in [0.4, 0.5) is 0 Å². The number of hydrogen-bond donors (Lipinski definition) is 1. The van der Waals surface area contributed by atoms with Crippen molar-refractivity contribution in [3.63, 3.8) is 0 Å². The fraction of sp³-hybridized carbons (Fsp3) is 0.650. The van der Waals surface area contributed by atoms with E-state index in [1.54, 1.807) is 6.07 Å². The predicted molar refractivity (Wildman–Crippen MR) is 97.4 cm³/mol. The van der Waals surface area contributed by atoms with Crippen molar-refractivity contribution < 1.29 is 15.6 Å². The summed E-state index contributed by atoms with van der Waals surface area (Å²) in [5.74, 6) is 0.911. The SMILES string of the molecule is [2H]c1c(C#N)ccc2c1[C@H](NCCCC(OCC)OCC)[C@@H](C)C(C)O2. The summed E-state index contributed by atoms with van der Waals surface area (Å²) in [7, 11) is 0. The van der Waals surface area contributed by atoms with E-state index in [1.165, 1.54) is 0 Å². The first-order chi connectivity index (χ1) is 12.5. The van der Waals surface area contributed by atoms with Crippen molar-refractivity contribution in [2.24, 2.45) is 5.92 Å². The van der Waals surface area contributed by atoms with Gasteiger partial charge in [-0.25, -0.2) is 0 Å². The van der Waals surface area contributed by atoms with Gasteiger partial charge in [0.1, 0.15) is 11.9 Å². The van der Waals surface area contributed by atoms with Gasteiger partial charge < -0.3 is 19.5 Å². The molecule has 0 saturated heterocycles. The summed E-state index contributed by atoms with van der Waals surface area (Å²) in [5.41, 5.74) is 1.18. The molecule has 1 aliphatic rings. The van der Waals surface area contributed by atoms with E-state index in [9.17, 15) is 5.26 Å². The first-order valence-electron chi connectivity index (χ1n) is 9.70. The molecule has 138 valence electrons. The Balaban J connectivity index is 2.06. The summed E-state index contributed by atoms with van der Waals surface area (Å²) in [5, 5.41) is 12.8. The molecule has 5 nitrogen and oxygen atoms in total. The van der Waals surface area contributed by atoms with Crippen LogP contribution in [0.5, 0.6) is 5.75 Å². The van der Waals surface area contributed by atoms with Crippen molar-refractivity contribution in [2.45, 2.75) is 59.0 Å². The van der Waals surface area contributed by atoms with E-state index in [-0.39, 0.29) is 30.4 Å². The molecule has 0 amide bonds. The van der Waals surface area contributed by atoms with Gasteiger partial charge in [0.2, 0.25) is 0 Å². The van der Waals surface area contributed by atoms with E-state index in [2.05, 4.69) is 18.3 Å². The zero-order chi connectivity index (χ0) is 19.1. The number of nitrogens with zero attached hydrogens (tertiary/aromatic N) is 1. The molecular formula is C20H30N2O3. The van der Waals surface area contributed by atoms with E-state index in [1.807, 2.05) is 26.8 Å². The van der Waals surface area contributed by atoms with Crippen molar-refractivity contribution in [2.75, 3.05) is 19.8 Å². The molecule has 0 bridgehead atoms. The van der Waals surface area contributed by atoms with Crippen LogP contribution in [-0.4, -0.2) is 32.2 Å². The predicted octanol–water partition coefficient (Wildman–Crippen LogP) is 3.79. The van der Waals surface area contributed by atoms with Crippen molar-refractivity contribution in [3.8, 4) is 11.8 Å². The Bertz CT molecular complexity index is 626. The Morgan fingerprint density at radius 1 is 1.32 bits per heavy atom. The summed E-state index contributed by atoms with van der Waals surface area (Å²) in [6.07, 6.45) is 1.61. The molecule has 0 radical (unpaired) electrons. The number of ether oxygens (including phenoxy) is 3. The quantitative estimate of drug-likeness (QED) is 0.544. The van der Waals surface area contributed by atoms with Crippen LogP contribution in [-0.2, 0) is 9.47 Å². The number of nitriles is 1. The Labute approximate surface area is 152 Å². The van der Waals surface area contributed by atoms with Crippen LogP contribution < -0.4 is 10.1 Å². The lowest BCUT2D eigenvalue weighted by atomic mass is 9.86. The zero-order valence-corrected chi connectivity index (χ0v) is 15.7. The first-order valence-corrected chi connectivity index (χ1v) is 9.20. The monoisotopic (exact) mass is 347 g/mol. The maximum absolute atomic E-state index is 9.24. The van der Waals surface area contributed by atoms with E-state index in [0.717, 1.165) is 24.9 Å². The molecule has 25 heavy (non-hydrogen) atoms. The lowest BCUT2D eigenvalue weighted by Gasteiger charge is -2.37. The second-order valence-electron chi connectivity index (χ2n) is 6.36. The average Bonchev–Trinajstić information content (AvgIpc) is 2.62. The van der Waals surface area contributed by atoms with E-state index in [4.69, 9.17) is 15.6 Å². The molecule has 0 fully saturated rings. The zero-order valence-electron chi connectivity index (χ0n) is 16.7. The molecule has 0 aliphatic carbocycles. The van der Waals surface area contributed by atoms with Gasteiger partial charge in [-0.1, -0.05) is 6.92 Å². The molecule has 1 aromatic rings. The maximum Gasteiger partial charge on any atom is 0.157 e. The molecular weight excluding hydrogens is 316 g/mol. The van der Waals surface area contributed by atoms with E-state index < -0.39 is 0 Å². The van der Waals surface area contributed by atoms with Gasteiger partial charge >= 0.3 is 0 Å². The average molecular weight is 347 g/mol. The van der Waals surface area contributed by atoms with Gasteiger partial charge in [0.05, 0.1) is 13.0 Å². The molecule has 0 spiro atoms. The molecule has 0 aromatic heterocycles. The number of hydrogen-bond acceptors (Lipinski definition) is 5. The fourth-order valence-electron chi connectivity index (χ4n) is 3.14. The largest absolute Gasteiger partial charge is 0.490 e. The minimum Gasteiger partial charge on any atom is -0.490 e. The van der Waals surface area contributed by atoms with Gasteiger partial charge in [-0.3, -0.25) is 0 Å². The van der Waals surface area contributed by atoms with Crippen LogP contribution >= 0.6 is 0 Å². The first kappa shape index (κ1) is 18.2. The summed E-state index contributed by atoms with van der Waals surface area (Å²) in [4.78, 5) is 0. The van der Waals surface area contributed by atoms with Crippen LogP contribution in [0.1, 0.15) is 59.1 Å². The molecule has 1 aliphatic heterocycles. The summed E-state index contributed by atoms with van der Waals surface area (Å²) >= 11 is 0. The minimum absolute atomic E-state index is 0.00723. The van der Waals surface area contributed by atoms with Gasteiger partial charge in [-0.15, -0.1) is 0 Å². The Kier molecular flexibility index (Phi) is 7.10. The van der Waals surface area contributed by atoms with E-state index >= 15 is 0 Å². The highest BCUT2D eigenvalue weighted by Gasteiger charge is 2.32. The highest BCUT2D eigenvalue weighted by Crippen LogP contribution is 2.38. The van der Waals surface area contributed by atoms with Crippen molar-refractivity contribution in [1.29, 1.82) is 5.26 Å². The molecule has 1 N–H and O–H groups in total. The highest BCUT2D eigenvalue weighted by molar-refractivity contribution is 5.45. The highest BCUT2D eigenvalue weighted by atomic mass is 16.7. The number of fused-ring (bicyclic) bond motifs is 1. The Morgan fingerprint density at radius 3 is 2.68 bits per heavy atom. The van der Waals surface area contributed by atoms with Crippen LogP contribution in [0, 0.1) is 17.2 Å². The second kappa shape index (κ2) is 9.76. The van der Waals surface area contributed by atoms with Crippen LogP contribution in [0.3, 0.4) is 0 Å². The number of rotatable bonds is 9. The van der Waals surface area contributed by atoms with E-state index in [0.29, 0.717) is 24.5 Å². The third-order valence-electron chi connectivity index (χ3n) is 4.63. The molecule has 1 unspecified atom stereocenters. The number of benzene rings is 1. The van der Waals surface area contributed by atoms with Crippen molar-refractivity contribution in [1.82, 2.24) is 5.32 Å². The van der Waals surface area contributed by atoms with Gasteiger partial charge in [-0.2, -0.15) is 5.26 Å². The standard InChI is InChI=1S/C20H30N2O3/c1-5-23-19(24-6-2)8-7-11-22-20-14(3)15(4)25-18-10-9-16(13-21)12-17(18)20/h9-10,12,14-15,19-20,22H,5-8,11H2,1-4H3/t14-,15?,20+/m0/s1/i12D. The van der Waals surface area contributed by atoms with Gasteiger partial charge in [0.25, 0.3) is 0 Å². The van der Waals surface area contributed by atoms with Gasteiger partial charge in [0.15, 0.2) is 6.29 Å². The molecule has 5 heteroatoms.